The molecule has 0 radical (unpaired) electrons. The molecular formula is C21H27N3O2. The summed E-state index contributed by atoms with van der Waals surface area (Å²) in [4.78, 5) is 14.2. The van der Waals surface area contributed by atoms with Gasteiger partial charge in [0.25, 0.3) is 0 Å². The molecule has 0 aromatic heterocycles. The summed E-state index contributed by atoms with van der Waals surface area (Å²) in [5.74, 6) is 0.823. The number of hydrogen-bond acceptors (Lipinski definition) is 3. The number of nitrogens with zero attached hydrogens (tertiary/aromatic N) is 1. The van der Waals surface area contributed by atoms with Crippen LogP contribution < -0.4 is 20.3 Å². The highest BCUT2D eigenvalue weighted by atomic mass is 16.5. The van der Waals surface area contributed by atoms with E-state index in [2.05, 4.69) is 39.8 Å². The maximum atomic E-state index is 11.8. The standard InChI is InChI=1S/C21H27N3O2/c1-17-7-9-19(10-8-17)26-16-13-23-21(25)22-12-4-14-24-15-11-18-5-2-3-6-20(18)24/h2-3,5-10H,4,11-16H2,1H3,(H2,22,23,25). The van der Waals surface area contributed by atoms with Gasteiger partial charge in [0.15, 0.2) is 0 Å². The third kappa shape index (κ3) is 5.15. The topological polar surface area (TPSA) is 53.6 Å². The number of amides is 2. The van der Waals surface area contributed by atoms with Crippen LogP contribution in [0.2, 0.25) is 0 Å². The predicted octanol–water partition coefficient (Wildman–Crippen LogP) is 3.13. The van der Waals surface area contributed by atoms with Gasteiger partial charge in [-0.1, -0.05) is 35.9 Å². The fourth-order valence-corrected chi connectivity index (χ4v) is 3.14. The van der Waals surface area contributed by atoms with E-state index in [1.54, 1.807) is 0 Å². The van der Waals surface area contributed by atoms with Crippen LogP contribution in [-0.4, -0.2) is 38.8 Å². The lowest BCUT2D eigenvalue weighted by Gasteiger charge is -2.19. The van der Waals surface area contributed by atoms with Gasteiger partial charge in [-0.05, 0) is 43.5 Å². The predicted molar refractivity (Wildman–Crippen MR) is 105 cm³/mol. The number of ether oxygens (including phenoxy) is 1. The van der Waals surface area contributed by atoms with Crippen molar-refractivity contribution in [3.8, 4) is 5.75 Å². The molecule has 0 unspecified atom stereocenters. The van der Waals surface area contributed by atoms with Gasteiger partial charge in [0, 0.05) is 25.3 Å². The molecular weight excluding hydrogens is 326 g/mol. The molecule has 1 aliphatic rings. The van der Waals surface area contributed by atoms with Crippen LogP contribution in [0.5, 0.6) is 5.75 Å². The Balaban J connectivity index is 1.25. The second-order valence-corrected chi connectivity index (χ2v) is 6.56. The van der Waals surface area contributed by atoms with Gasteiger partial charge in [0.05, 0.1) is 6.54 Å². The fraction of sp³-hybridized carbons (Fsp3) is 0.381. The molecule has 3 rings (SSSR count). The highest BCUT2D eigenvalue weighted by Crippen LogP contribution is 2.27. The van der Waals surface area contributed by atoms with E-state index in [4.69, 9.17) is 4.74 Å². The molecule has 0 spiro atoms. The second kappa shape index (κ2) is 9.13. The van der Waals surface area contributed by atoms with Crippen molar-refractivity contribution >= 4 is 11.7 Å². The van der Waals surface area contributed by atoms with Gasteiger partial charge in [-0.25, -0.2) is 4.79 Å². The smallest absolute Gasteiger partial charge is 0.314 e. The first-order valence-corrected chi connectivity index (χ1v) is 9.26. The zero-order valence-corrected chi connectivity index (χ0v) is 15.3. The Morgan fingerprint density at radius 3 is 2.69 bits per heavy atom. The van der Waals surface area contributed by atoms with Gasteiger partial charge in [0.2, 0.25) is 0 Å². The largest absolute Gasteiger partial charge is 0.492 e. The van der Waals surface area contributed by atoms with Crippen LogP contribution in [0.1, 0.15) is 17.5 Å². The van der Waals surface area contributed by atoms with Gasteiger partial charge in [-0.2, -0.15) is 0 Å². The van der Waals surface area contributed by atoms with Crippen LogP contribution in [0, 0.1) is 6.92 Å². The minimum atomic E-state index is -0.140. The molecule has 0 atom stereocenters. The SMILES string of the molecule is Cc1ccc(OCCNC(=O)NCCCN2CCc3ccccc32)cc1. The summed E-state index contributed by atoms with van der Waals surface area (Å²) in [6.45, 7) is 5.69. The Kier molecular flexibility index (Phi) is 6.36. The number of fused-ring (bicyclic) bond motifs is 1. The maximum Gasteiger partial charge on any atom is 0.314 e. The van der Waals surface area contributed by atoms with Crippen LogP contribution in [0.4, 0.5) is 10.5 Å². The van der Waals surface area contributed by atoms with Gasteiger partial charge in [-0.15, -0.1) is 0 Å². The summed E-state index contributed by atoms with van der Waals surface area (Å²) in [6, 6.07) is 16.3. The Labute approximate surface area is 155 Å². The minimum Gasteiger partial charge on any atom is -0.492 e. The van der Waals surface area contributed by atoms with E-state index >= 15 is 0 Å². The Morgan fingerprint density at radius 1 is 1.08 bits per heavy atom. The van der Waals surface area contributed by atoms with E-state index < -0.39 is 0 Å². The summed E-state index contributed by atoms with van der Waals surface area (Å²) >= 11 is 0. The number of hydrogen-bond donors (Lipinski definition) is 2. The molecule has 2 amide bonds. The lowest BCUT2D eigenvalue weighted by atomic mass is 10.2. The minimum absolute atomic E-state index is 0.140. The molecule has 26 heavy (non-hydrogen) atoms. The highest BCUT2D eigenvalue weighted by Gasteiger charge is 2.17. The summed E-state index contributed by atoms with van der Waals surface area (Å²) in [6.07, 6.45) is 2.05. The average Bonchev–Trinajstić information content (AvgIpc) is 3.07. The molecule has 1 aliphatic heterocycles. The highest BCUT2D eigenvalue weighted by molar-refractivity contribution is 5.73. The summed E-state index contributed by atoms with van der Waals surface area (Å²) in [5, 5.41) is 5.72. The lowest BCUT2D eigenvalue weighted by molar-refractivity contribution is 0.236. The number of aryl methyl sites for hydroxylation is 1. The molecule has 0 saturated carbocycles. The number of nitrogens with one attached hydrogen (secondary N) is 2. The molecule has 0 saturated heterocycles. The van der Waals surface area contributed by atoms with Crippen molar-refractivity contribution in [3.05, 3.63) is 59.7 Å². The normalized spacial score (nSPS) is 12.6. The number of para-hydroxylation sites is 1. The molecule has 138 valence electrons. The van der Waals surface area contributed by atoms with E-state index in [0.717, 1.165) is 31.7 Å². The van der Waals surface area contributed by atoms with Crippen LogP contribution in [-0.2, 0) is 6.42 Å². The van der Waals surface area contributed by atoms with Gasteiger partial charge >= 0.3 is 6.03 Å². The third-order valence-electron chi connectivity index (χ3n) is 4.55. The van der Waals surface area contributed by atoms with Crippen molar-refractivity contribution in [2.24, 2.45) is 0 Å². The van der Waals surface area contributed by atoms with Crippen LogP contribution >= 0.6 is 0 Å². The molecule has 2 aromatic rings. The monoisotopic (exact) mass is 353 g/mol. The number of carbonyl (C=O) groups is 1. The van der Waals surface area contributed by atoms with Crippen LogP contribution in [0.3, 0.4) is 0 Å². The Hall–Kier alpha value is -2.69. The van der Waals surface area contributed by atoms with Crippen molar-refractivity contribution in [3.63, 3.8) is 0 Å². The lowest BCUT2D eigenvalue weighted by Crippen LogP contribution is -2.39. The molecule has 0 aliphatic carbocycles. The van der Waals surface area contributed by atoms with E-state index in [0.29, 0.717) is 19.7 Å². The summed E-state index contributed by atoms with van der Waals surface area (Å²) in [5.41, 5.74) is 3.96. The Morgan fingerprint density at radius 2 is 1.85 bits per heavy atom. The zero-order chi connectivity index (χ0) is 18.2. The van der Waals surface area contributed by atoms with Crippen molar-refractivity contribution in [2.45, 2.75) is 19.8 Å². The third-order valence-corrected chi connectivity index (χ3v) is 4.55. The van der Waals surface area contributed by atoms with Gasteiger partial charge in [0.1, 0.15) is 12.4 Å². The summed E-state index contributed by atoms with van der Waals surface area (Å²) < 4.78 is 5.59. The number of benzene rings is 2. The van der Waals surface area contributed by atoms with Crippen LogP contribution in [0.15, 0.2) is 48.5 Å². The first-order chi connectivity index (χ1) is 12.7. The van der Waals surface area contributed by atoms with Gasteiger partial charge in [-0.3, -0.25) is 0 Å². The first-order valence-electron chi connectivity index (χ1n) is 9.26. The van der Waals surface area contributed by atoms with Crippen LogP contribution in [0.25, 0.3) is 0 Å². The molecule has 5 nitrogen and oxygen atoms in total. The van der Waals surface area contributed by atoms with Crippen molar-refractivity contribution in [2.75, 3.05) is 37.7 Å². The fourth-order valence-electron chi connectivity index (χ4n) is 3.14. The summed E-state index contributed by atoms with van der Waals surface area (Å²) in [7, 11) is 0. The molecule has 2 N–H and O–H groups in total. The molecule has 2 aromatic carbocycles. The Bertz CT molecular complexity index is 715. The molecule has 5 heteroatoms. The first kappa shape index (κ1) is 18.1. The molecule has 0 fully saturated rings. The van der Waals surface area contributed by atoms with E-state index in [9.17, 15) is 4.79 Å². The quantitative estimate of drug-likeness (QED) is 0.717. The van der Waals surface area contributed by atoms with Crippen molar-refractivity contribution in [1.29, 1.82) is 0 Å². The molecule has 0 bridgehead atoms. The zero-order valence-electron chi connectivity index (χ0n) is 15.3. The van der Waals surface area contributed by atoms with Crippen molar-refractivity contribution < 1.29 is 9.53 Å². The van der Waals surface area contributed by atoms with E-state index in [-0.39, 0.29) is 6.03 Å². The number of rotatable bonds is 8. The number of carbonyl (C=O) groups excluding carboxylic acids is 1. The maximum absolute atomic E-state index is 11.8. The van der Waals surface area contributed by atoms with E-state index in [1.807, 2.05) is 31.2 Å². The van der Waals surface area contributed by atoms with Gasteiger partial charge < -0.3 is 20.3 Å². The number of anilines is 1. The van der Waals surface area contributed by atoms with Crippen molar-refractivity contribution in [1.82, 2.24) is 10.6 Å². The molecule has 1 heterocycles. The number of urea groups is 1. The second-order valence-electron chi connectivity index (χ2n) is 6.56. The average molecular weight is 353 g/mol. The van der Waals surface area contributed by atoms with E-state index in [1.165, 1.54) is 16.8 Å².